The largest absolute Gasteiger partial charge is 0.410 e. The Hall–Kier alpha value is -2.92. The normalized spacial score (nSPS) is 11.7. The molecule has 2 N–H and O–H groups in total. The molecule has 1 aromatic rings. The number of hydroxylamine groups is 1. The molecule has 0 saturated carbocycles. The molecule has 0 heterocycles. The molecule has 0 atom stereocenters. The second-order valence-corrected chi connectivity index (χ2v) is 3.31. The van der Waals surface area contributed by atoms with Gasteiger partial charge in [-0.3, -0.25) is 4.84 Å². The Bertz CT molecular complexity index is 548. The Morgan fingerprint density at radius 1 is 1.50 bits per heavy atom. The third-order valence-electron chi connectivity index (χ3n) is 2.11. The molecule has 104 valence electrons. The van der Waals surface area contributed by atoms with Crippen molar-refractivity contribution in [2.75, 3.05) is 7.11 Å². The van der Waals surface area contributed by atoms with Gasteiger partial charge in [-0.15, -0.1) is 0 Å². The van der Waals surface area contributed by atoms with Crippen molar-refractivity contribution in [1.82, 2.24) is 5.48 Å². The van der Waals surface area contributed by atoms with Gasteiger partial charge in [-0.25, -0.2) is 10.5 Å². The highest BCUT2D eigenvalue weighted by Gasteiger charge is 2.09. The number of nitrogens with one attached hydrogen (secondary N) is 1. The summed E-state index contributed by atoms with van der Waals surface area (Å²) in [6, 6.07) is 8.93. The summed E-state index contributed by atoms with van der Waals surface area (Å²) in [5.41, 5.74) is 4.02. The topological polar surface area (TPSA) is 112 Å². The second-order valence-electron chi connectivity index (χ2n) is 3.31. The highest BCUT2D eigenvalue weighted by molar-refractivity contribution is 6.02. The van der Waals surface area contributed by atoms with E-state index in [0.717, 1.165) is 18.1 Å². The Morgan fingerprint density at radius 2 is 2.30 bits per heavy atom. The second kappa shape index (κ2) is 9.07. The molecule has 0 aliphatic heterocycles. The molecule has 1 aromatic carbocycles. The van der Waals surface area contributed by atoms with Crippen LogP contribution < -0.4 is 5.48 Å². The van der Waals surface area contributed by atoms with Crippen LogP contribution in [0.25, 0.3) is 0 Å². The average Bonchev–Trinajstić information content (AvgIpc) is 2.48. The van der Waals surface area contributed by atoms with Crippen LogP contribution in [0.5, 0.6) is 0 Å². The van der Waals surface area contributed by atoms with Gasteiger partial charge in [0, 0.05) is 11.1 Å². The number of amidine groups is 1. The van der Waals surface area contributed by atoms with Crippen LogP contribution in [0.2, 0.25) is 0 Å². The van der Waals surface area contributed by atoms with E-state index in [2.05, 4.69) is 20.8 Å². The summed E-state index contributed by atoms with van der Waals surface area (Å²) in [6.07, 6.45) is 1.95. The van der Waals surface area contributed by atoms with Crippen LogP contribution >= 0.6 is 0 Å². The minimum Gasteiger partial charge on any atom is -0.410 e. The van der Waals surface area contributed by atoms with Crippen LogP contribution in [0.1, 0.15) is 11.1 Å². The zero-order valence-corrected chi connectivity index (χ0v) is 10.7. The van der Waals surface area contributed by atoms with E-state index in [1.54, 1.807) is 24.3 Å². The van der Waals surface area contributed by atoms with Crippen molar-refractivity contribution in [2.24, 2.45) is 15.3 Å². The molecular weight excluding hydrogens is 262 g/mol. The number of nitriles is 1. The maximum atomic E-state index is 8.42. The van der Waals surface area contributed by atoms with Gasteiger partial charge in [0.15, 0.2) is 12.2 Å². The van der Waals surface area contributed by atoms with Gasteiger partial charge in [0.05, 0.1) is 7.11 Å². The van der Waals surface area contributed by atoms with E-state index in [1.165, 1.54) is 7.11 Å². The smallest absolute Gasteiger partial charge is 0.159 e. The third kappa shape index (κ3) is 4.75. The zero-order chi connectivity index (χ0) is 14.6. The molecular formula is C12H13N5O3. The van der Waals surface area contributed by atoms with Crippen molar-refractivity contribution in [3.8, 4) is 6.07 Å². The van der Waals surface area contributed by atoms with E-state index in [-0.39, 0.29) is 6.61 Å². The van der Waals surface area contributed by atoms with Crippen molar-refractivity contribution in [3.05, 3.63) is 35.4 Å². The van der Waals surface area contributed by atoms with Crippen LogP contribution in [-0.4, -0.2) is 30.7 Å². The molecule has 0 aliphatic rings. The monoisotopic (exact) mass is 275 g/mol. The van der Waals surface area contributed by atoms with E-state index in [0.29, 0.717) is 11.4 Å². The summed E-state index contributed by atoms with van der Waals surface area (Å²) in [4.78, 5) is 13.7. The van der Waals surface area contributed by atoms with E-state index in [9.17, 15) is 0 Å². The first-order valence-electron chi connectivity index (χ1n) is 5.48. The quantitative estimate of drug-likeness (QED) is 0.348. The van der Waals surface area contributed by atoms with E-state index in [4.69, 9.17) is 20.1 Å². The van der Waals surface area contributed by atoms with Crippen LogP contribution in [0, 0.1) is 11.3 Å². The molecule has 0 radical (unpaired) electrons. The number of hydrogen-bond donors (Lipinski definition) is 2. The van der Waals surface area contributed by atoms with Gasteiger partial charge in [-0.2, -0.15) is 5.26 Å². The summed E-state index contributed by atoms with van der Waals surface area (Å²) >= 11 is 0. The van der Waals surface area contributed by atoms with E-state index >= 15 is 0 Å². The molecule has 8 heteroatoms. The van der Waals surface area contributed by atoms with Gasteiger partial charge >= 0.3 is 0 Å². The fourth-order valence-corrected chi connectivity index (χ4v) is 1.38. The molecule has 0 spiro atoms. The molecule has 0 amide bonds. The molecule has 20 heavy (non-hydrogen) atoms. The Kier molecular flexibility index (Phi) is 6.86. The van der Waals surface area contributed by atoms with Gasteiger partial charge in [-0.1, -0.05) is 34.6 Å². The van der Waals surface area contributed by atoms with Crippen LogP contribution in [0.15, 0.2) is 39.6 Å². The first-order valence-corrected chi connectivity index (χ1v) is 5.48. The Balaban J connectivity index is 2.97. The fourth-order valence-electron chi connectivity index (χ4n) is 1.38. The highest BCUT2D eigenvalue weighted by atomic mass is 16.6. The van der Waals surface area contributed by atoms with Gasteiger partial charge < -0.3 is 10.0 Å². The molecule has 1 rings (SSSR count). The number of rotatable bonds is 6. The highest BCUT2D eigenvalue weighted by Crippen LogP contribution is 2.11. The van der Waals surface area contributed by atoms with Crippen molar-refractivity contribution >= 4 is 18.4 Å². The lowest BCUT2D eigenvalue weighted by molar-refractivity contribution is 0.131. The van der Waals surface area contributed by atoms with Crippen LogP contribution in [-0.2, 0) is 16.3 Å². The summed E-state index contributed by atoms with van der Waals surface area (Å²) in [5.74, 6) is 0.341. The fraction of sp³-hybridized carbons (Fsp3) is 0.167. The first-order chi connectivity index (χ1) is 9.83. The molecule has 0 fully saturated rings. The third-order valence-corrected chi connectivity index (χ3v) is 2.11. The maximum absolute atomic E-state index is 8.42. The average molecular weight is 275 g/mol. The Morgan fingerprint density at radius 3 is 3.00 bits per heavy atom. The summed E-state index contributed by atoms with van der Waals surface area (Å²) in [6.45, 7) is 0.148. The van der Waals surface area contributed by atoms with Crippen molar-refractivity contribution < 1.29 is 14.9 Å². The van der Waals surface area contributed by atoms with Gasteiger partial charge in [0.2, 0.25) is 0 Å². The molecule has 8 nitrogen and oxygen atoms in total. The maximum Gasteiger partial charge on any atom is 0.159 e. The standard InChI is InChI=1S/C12H13N5O3/c1-19-17-12(14-9-15-18)11-5-3-2-4-10(11)8-20-16-7-6-13/h2-5,7,9,18H,8H2,1H3,(H,14,15,17)/b16-7-. The summed E-state index contributed by atoms with van der Waals surface area (Å²) in [5, 5.41) is 23.0. The van der Waals surface area contributed by atoms with Crippen molar-refractivity contribution in [2.45, 2.75) is 6.61 Å². The Labute approximate surface area is 115 Å². The van der Waals surface area contributed by atoms with Crippen LogP contribution in [0.3, 0.4) is 0 Å². The number of nitrogens with zero attached hydrogens (tertiary/aromatic N) is 4. The van der Waals surface area contributed by atoms with Crippen molar-refractivity contribution in [1.29, 1.82) is 5.26 Å². The minimum atomic E-state index is 0.148. The molecule has 0 aliphatic carbocycles. The van der Waals surface area contributed by atoms with Crippen molar-refractivity contribution in [3.63, 3.8) is 0 Å². The van der Waals surface area contributed by atoms with Crippen LogP contribution in [0.4, 0.5) is 0 Å². The number of benzene rings is 1. The predicted molar refractivity (Wildman–Crippen MR) is 72.3 cm³/mol. The lowest BCUT2D eigenvalue weighted by Gasteiger charge is -2.11. The summed E-state index contributed by atoms with van der Waals surface area (Å²) in [7, 11) is 1.43. The zero-order valence-electron chi connectivity index (χ0n) is 10.7. The lowest BCUT2D eigenvalue weighted by Crippen LogP contribution is -2.24. The number of aliphatic imine (C=N–C) groups is 1. The minimum absolute atomic E-state index is 0.148. The molecule has 0 unspecified atom stereocenters. The molecule has 0 aromatic heterocycles. The molecule has 0 saturated heterocycles. The number of hydrogen-bond acceptors (Lipinski definition) is 6. The van der Waals surface area contributed by atoms with E-state index < -0.39 is 0 Å². The predicted octanol–water partition coefficient (Wildman–Crippen LogP) is 1.03. The van der Waals surface area contributed by atoms with Gasteiger partial charge in [0.25, 0.3) is 0 Å². The summed E-state index contributed by atoms with van der Waals surface area (Å²) < 4.78 is 0. The first kappa shape index (κ1) is 15.1. The molecule has 0 bridgehead atoms. The van der Waals surface area contributed by atoms with Gasteiger partial charge in [0.1, 0.15) is 18.9 Å². The van der Waals surface area contributed by atoms with E-state index in [1.807, 2.05) is 6.07 Å². The number of oxime groups is 2. The van der Waals surface area contributed by atoms with Gasteiger partial charge in [-0.05, 0) is 0 Å². The lowest BCUT2D eigenvalue weighted by atomic mass is 10.1. The SMILES string of the molecule is CONC(=N/C=N/O)c1ccccc1CO/N=C\C#N.